The van der Waals surface area contributed by atoms with Crippen molar-refractivity contribution in [1.29, 1.82) is 0 Å². The Bertz CT molecular complexity index is 2230. The second kappa shape index (κ2) is 12.9. The van der Waals surface area contributed by atoms with E-state index in [1.54, 1.807) is 12.1 Å². The summed E-state index contributed by atoms with van der Waals surface area (Å²) in [6, 6.07) is 14.3. The SMILES string of the molecule is C[C@@H](O)C1C(=O)N2C(C(=O)OCc3ccc([N+](=O)[O-])cc3)=C(CN3c4cccc5cc(CC[N+]67CC[N+](CC(N)=O)(CC6)CC7)cc(c45)S3(=O)=O)[C@H](C)C12. The second-order valence-corrected chi connectivity index (χ2v) is 17.6. The highest BCUT2D eigenvalue weighted by molar-refractivity contribution is 7.93. The van der Waals surface area contributed by atoms with Crippen molar-refractivity contribution in [2.45, 2.75) is 43.9 Å². The van der Waals surface area contributed by atoms with Crippen LogP contribution in [0.4, 0.5) is 11.4 Å². The Morgan fingerprint density at radius 3 is 2.33 bits per heavy atom. The lowest BCUT2D eigenvalue weighted by atomic mass is 9.78. The van der Waals surface area contributed by atoms with Gasteiger partial charge >= 0.3 is 5.97 Å². The first kappa shape index (κ1) is 36.1. The molecule has 284 valence electrons. The smallest absolute Gasteiger partial charge is 0.355 e. The molecule has 2 amide bonds. The van der Waals surface area contributed by atoms with Crippen molar-refractivity contribution in [2.24, 2.45) is 17.6 Å². The maximum absolute atomic E-state index is 14.5. The van der Waals surface area contributed by atoms with Gasteiger partial charge in [-0.2, -0.15) is 0 Å². The van der Waals surface area contributed by atoms with E-state index < -0.39 is 50.8 Å². The molecular formula is C38H44N6O9S+2. The molecule has 4 fully saturated rings. The first-order valence-electron chi connectivity index (χ1n) is 18.4. The highest BCUT2D eigenvalue weighted by atomic mass is 32.2. The Hall–Kier alpha value is -4.90. The third-order valence-corrected chi connectivity index (χ3v) is 14.5. The fourth-order valence-electron chi connectivity index (χ4n) is 9.54. The average molecular weight is 761 g/mol. The van der Waals surface area contributed by atoms with Gasteiger partial charge in [0.2, 0.25) is 5.91 Å². The van der Waals surface area contributed by atoms with Crippen molar-refractivity contribution in [3.05, 3.63) is 87.1 Å². The normalized spacial score (nSPS) is 28.3. The summed E-state index contributed by atoms with van der Waals surface area (Å²) in [5.74, 6) is -2.76. The molecule has 0 spiro atoms. The third kappa shape index (κ3) is 5.74. The highest BCUT2D eigenvalue weighted by Crippen LogP contribution is 2.50. The fraction of sp³-hybridized carbons (Fsp3) is 0.447. The van der Waals surface area contributed by atoms with E-state index in [1.165, 1.54) is 40.4 Å². The summed E-state index contributed by atoms with van der Waals surface area (Å²) in [5, 5.41) is 23.0. The van der Waals surface area contributed by atoms with Gasteiger partial charge in [-0.15, -0.1) is 0 Å². The largest absolute Gasteiger partial charge is 0.456 e. The number of non-ortho nitro benzene ring substituents is 1. The molecule has 3 aromatic carbocycles. The number of sulfonamides is 1. The molecule has 0 aromatic heterocycles. The van der Waals surface area contributed by atoms with Gasteiger partial charge in [0.25, 0.3) is 21.6 Å². The lowest BCUT2D eigenvalue weighted by Gasteiger charge is -2.55. The van der Waals surface area contributed by atoms with Gasteiger partial charge in [0.1, 0.15) is 51.6 Å². The van der Waals surface area contributed by atoms with Gasteiger partial charge in [0, 0.05) is 29.9 Å². The van der Waals surface area contributed by atoms with Crippen molar-refractivity contribution in [2.75, 3.05) is 63.2 Å². The number of quaternary nitrogens is 2. The van der Waals surface area contributed by atoms with Crippen LogP contribution in [0.2, 0.25) is 0 Å². The van der Waals surface area contributed by atoms with E-state index in [2.05, 4.69) is 6.07 Å². The monoisotopic (exact) mass is 760 g/mol. The summed E-state index contributed by atoms with van der Waals surface area (Å²) in [4.78, 5) is 51.0. The molecule has 0 radical (unpaired) electrons. The van der Waals surface area contributed by atoms with Gasteiger partial charge in [-0.3, -0.25) is 24.0 Å². The number of carbonyl (C=O) groups is 3. The predicted octanol–water partition coefficient (Wildman–Crippen LogP) is 1.80. The number of esters is 1. The van der Waals surface area contributed by atoms with Crippen LogP contribution < -0.4 is 10.0 Å². The Kier molecular flexibility index (Phi) is 8.59. The summed E-state index contributed by atoms with van der Waals surface area (Å²) in [5.41, 5.74) is 7.71. The maximum Gasteiger partial charge on any atom is 0.355 e. The fourth-order valence-corrected chi connectivity index (χ4v) is 11.3. The molecular weight excluding hydrogens is 717 g/mol. The standard InChI is InChI=1S/C38H43N6O9S/c1-23-29(36(41-35(23)33(24(2)45)37(41)47)38(48)53-22-25-6-8-28(9-7-25)42(49)50)20-40-30-5-3-4-27-18-26(19-31(34(27)30)54(40,51)52)10-11-43-12-15-44(16-13-43,17-14-43)21-32(39)46/h3-9,18-19,23-24,33,35,45H,10-17,20-22H2,1-2H3,(H-,39,46)/q+1/p+1/t23-,24+,33?,35?,43?,44?/m0/s1. The Balaban J connectivity index is 1.07. The van der Waals surface area contributed by atoms with Crippen molar-refractivity contribution >= 4 is 50.0 Å². The van der Waals surface area contributed by atoms with Gasteiger partial charge < -0.3 is 29.4 Å². The number of hydrogen-bond donors (Lipinski definition) is 2. The van der Waals surface area contributed by atoms with Crippen LogP contribution in [0, 0.1) is 22.0 Å². The molecule has 6 heterocycles. The van der Waals surface area contributed by atoms with Crippen molar-refractivity contribution in [3.8, 4) is 0 Å². The zero-order valence-electron chi connectivity index (χ0n) is 30.2. The Labute approximate surface area is 312 Å². The van der Waals surface area contributed by atoms with Gasteiger partial charge in [-0.05, 0) is 53.3 Å². The number of primary amides is 1. The van der Waals surface area contributed by atoms with Crippen LogP contribution in [0.25, 0.3) is 10.8 Å². The number of nitro groups is 1. The molecule has 4 atom stereocenters. The van der Waals surface area contributed by atoms with Gasteiger partial charge in [0.05, 0.1) is 46.7 Å². The number of ether oxygens (including phenoxy) is 1. The number of fused-ring (bicyclic) bond motifs is 4. The molecule has 9 rings (SSSR count). The molecule has 16 heteroatoms. The number of hydrogen-bond acceptors (Lipinski definition) is 9. The van der Waals surface area contributed by atoms with Crippen LogP contribution in [-0.2, 0) is 42.2 Å². The number of nitrogens with zero attached hydrogens (tertiary/aromatic N) is 5. The highest BCUT2D eigenvalue weighted by Gasteiger charge is 2.60. The van der Waals surface area contributed by atoms with Crippen molar-refractivity contribution < 1.29 is 46.5 Å². The van der Waals surface area contributed by atoms with Crippen molar-refractivity contribution in [1.82, 2.24) is 4.90 Å². The number of aliphatic hydroxyl groups excluding tert-OH is 1. The molecule has 6 aliphatic heterocycles. The van der Waals surface area contributed by atoms with Crippen LogP contribution in [0.1, 0.15) is 25.0 Å². The van der Waals surface area contributed by atoms with E-state index in [9.17, 15) is 38.0 Å². The van der Waals surface area contributed by atoms with Crippen LogP contribution in [-0.4, -0.2) is 121 Å². The summed E-state index contributed by atoms with van der Waals surface area (Å²) in [6.07, 6.45) is -0.299. The number of aliphatic hydroxyl groups is 1. The minimum Gasteiger partial charge on any atom is -0.456 e. The number of nitrogens with two attached hydrogens (primary N) is 1. The summed E-state index contributed by atoms with van der Waals surface area (Å²) in [7, 11) is -4.09. The minimum absolute atomic E-state index is 0.0363. The van der Waals surface area contributed by atoms with E-state index in [-0.39, 0.29) is 35.3 Å². The molecule has 2 unspecified atom stereocenters. The molecule has 15 nitrogen and oxygen atoms in total. The number of nitro benzene ring substituents is 1. The Morgan fingerprint density at radius 2 is 1.70 bits per heavy atom. The van der Waals surface area contributed by atoms with Gasteiger partial charge in [-0.25, -0.2) is 13.2 Å². The molecule has 0 aliphatic carbocycles. The van der Waals surface area contributed by atoms with Crippen molar-refractivity contribution in [3.63, 3.8) is 0 Å². The summed E-state index contributed by atoms with van der Waals surface area (Å²) < 4.78 is 37.7. The van der Waals surface area contributed by atoms with E-state index in [0.717, 1.165) is 65.7 Å². The van der Waals surface area contributed by atoms with E-state index in [4.69, 9.17) is 10.5 Å². The number of rotatable bonds is 12. The molecule has 0 saturated carbocycles. The molecule has 3 N–H and O–H groups in total. The topological polar surface area (TPSA) is 190 Å². The number of anilines is 1. The van der Waals surface area contributed by atoms with E-state index in [0.29, 0.717) is 35.2 Å². The van der Waals surface area contributed by atoms with Crippen LogP contribution in [0.5, 0.6) is 0 Å². The van der Waals surface area contributed by atoms with Crippen LogP contribution >= 0.6 is 0 Å². The lowest BCUT2D eigenvalue weighted by Crippen LogP contribution is -2.76. The quantitative estimate of drug-likeness (QED) is 0.0912. The predicted molar refractivity (Wildman–Crippen MR) is 196 cm³/mol. The molecule has 2 bridgehead atoms. The lowest BCUT2D eigenvalue weighted by molar-refractivity contribution is -1.08. The van der Waals surface area contributed by atoms with E-state index >= 15 is 0 Å². The second-order valence-electron chi connectivity index (χ2n) is 15.7. The minimum atomic E-state index is -4.09. The molecule has 54 heavy (non-hydrogen) atoms. The van der Waals surface area contributed by atoms with Crippen LogP contribution in [0.15, 0.2) is 70.8 Å². The zero-order chi connectivity index (χ0) is 38.3. The number of carbonyl (C=O) groups excluding carboxylic acids is 3. The molecule has 4 saturated heterocycles. The van der Waals surface area contributed by atoms with Gasteiger partial charge in [-0.1, -0.05) is 25.1 Å². The van der Waals surface area contributed by atoms with Gasteiger partial charge in [0.15, 0.2) is 6.54 Å². The zero-order valence-corrected chi connectivity index (χ0v) is 31.0. The first-order valence-corrected chi connectivity index (χ1v) is 19.8. The van der Waals surface area contributed by atoms with E-state index in [1.807, 2.05) is 19.1 Å². The number of benzene rings is 3. The number of piperazine rings is 3. The molecule has 3 aromatic rings. The first-order chi connectivity index (χ1) is 25.6. The molecule has 6 aliphatic rings. The summed E-state index contributed by atoms with van der Waals surface area (Å²) >= 11 is 0. The Morgan fingerprint density at radius 1 is 1.04 bits per heavy atom. The number of β-lactam (4-membered cyclic amide) rings is 1. The maximum atomic E-state index is 14.5. The van der Waals surface area contributed by atoms with Crippen LogP contribution in [0.3, 0.4) is 0 Å². The average Bonchev–Trinajstić information content (AvgIpc) is 3.51. The third-order valence-electron chi connectivity index (χ3n) is 12.7. The number of amides is 2. The summed E-state index contributed by atoms with van der Waals surface area (Å²) in [6.45, 7) is 9.72.